The van der Waals surface area contributed by atoms with Gasteiger partial charge in [0.15, 0.2) is 0 Å². The summed E-state index contributed by atoms with van der Waals surface area (Å²) in [6, 6.07) is 19.1. The third kappa shape index (κ3) is 8.74. The third-order valence-corrected chi connectivity index (χ3v) is 10.2. The van der Waals surface area contributed by atoms with Crippen molar-refractivity contribution in [3.8, 4) is 22.3 Å². The SMILES string of the molecule is [C-]#[N+]c1c(C)nc(N)nc1N[C@@H](C)c1cc2ccc(F)cn2c(=O)c1-c1cccc(F)c1.[C-]#[N+]c1c(C)nc(N)nc1N[C@H](C)c1cc2ccc(F)cn2c(=O)c1-c1cccc(F)c1. The van der Waals surface area contributed by atoms with Gasteiger partial charge in [-0.2, -0.15) is 0 Å². The number of aryl methyl sites for hydroxylation is 2. The Bertz CT molecular complexity index is 3140. The maximum atomic E-state index is 14.0. The number of nitrogens with one attached hydrogen (secondary N) is 2. The molecule has 0 fully saturated rings. The second-order valence-corrected chi connectivity index (χ2v) is 14.5. The summed E-state index contributed by atoms with van der Waals surface area (Å²) < 4.78 is 58.0. The molecule has 320 valence electrons. The maximum Gasteiger partial charge on any atom is 0.263 e. The molecule has 8 rings (SSSR count). The summed E-state index contributed by atoms with van der Waals surface area (Å²) in [4.78, 5) is 49.9. The van der Waals surface area contributed by atoms with Gasteiger partial charge in [-0.25, -0.2) is 47.2 Å². The molecule has 2 aromatic carbocycles. The van der Waals surface area contributed by atoms with E-state index in [1.807, 2.05) is 0 Å². The monoisotopic (exact) mass is 864 g/mol. The van der Waals surface area contributed by atoms with Crippen molar-refractivity contribution in [2.75, 3.05) is 22.1 Å². The number of rotatable bonds is 8. The Morgan fingerprint density at radius 2 is 0.969 bits per heavy atom. The van der Waals surface area contributed by atoms with Crippen molar-refractivity contribution in [3.63, 3.8) is 0 Å². The number of hydrogen-bond acceptors (Lipinski definition) is 10. The molecule has 14 nitrogen and oxygen atoms in total. The summed E-state index contributed by atoms with van der Waals surface area (Å²) in [5.41, 5.74) is 14.8. The van der Waals surface area contributed by atoms with Gasteiger partial charge in [-0.15, -0.1) is 0 Å². The van der Waals surface area contributed by atoms with E-state index < -0.39 is 46.5 Å². The summed E-state index contributed by atoms with van der Waals surface area (Å²) in [6.07, 6.45) is 2.18. The normalized spacial score (nSPS) is 11.8. The van der Waals surface area contributed by atoms with Crippen molar-refractivity contribution in [1.29, 1.82) is 0 Å². The van der Waals surface area contributed by atoms with Crippen LogP contribution in [-0.4, -0.2) is 28.7 Å². The molecule has 0 bridgehead atoms. The predicted molar refractivity (Wildman–Crippen MR) is 237 cm³/mol. The third-order valence-electron chi connectivity index (χ3n) is 10.2. The van der Waals surface area contributed by atoms with Gasteiger partial charge >= 0.3 is 0 Å². The Morgan fingerprint density at radius 1 is 0.578 bits per heavy atom. The molecule has 0 amide bonds. The first-order chi connectivity index (χ1) is 30.6. The minimum atomic E-state index is -0.572. The standard InChI is InChI=1S/2C23H18F2N6O/c2*1-12(28-21-20(27-3)13(2)29-23(26)30-21)18-10-17-8-7-16(25)11-31(17)22(32)19(18)14-5-4-6-15(24)9-14/h2*4-12H,1-2H3,(H3,26,28,29,30)/t2*12-/m10/s1. The molecule has 0 aliphatic carbocycles. The Morgan fingerprint density at radius 3 is 1.33 bits per heavy atom. The van der Waals surface area contributed by atoms with Gasteiger partial charge in [0.25, 0.3) is 11.1 Å². The summed E-state index contributed by atoms with van der Waals surface area (Å²) in [7, 11) is 0. The van der Waals surface area contributed by atoms with Crippen LogP contribution in [0, 0.1) is 50.3 Å². The molecule has 6 aromatic heterocycles. The highest BCUT2D eigenvalue weighted by atomic mass is 19.1. The first-order valence-electron chi connectivity index (χ1n) is 19.3. The van der Waals surface area contributed by atoms with Crippen LogP contribution < -0.4 is 33.2 Å². The van der Waals surface area contributed by atoms with Crippen LogP contribution in [0.2, 0.25) is 0 Å². The lowest BCUT2D eigenvalue weighted by molar-refractivity contribution is 0.617. The van der Waals surface area contributed by atoms with Gasteiger partial charge in [-0.3, -0.25) is 18.4 Å². The molecule has 0 radical (unpaired) electrons. The van der Waals surface area contributed by atoms with Gasteiger partial charge in [0.05, 0.1) is 35.7 Å². The van der Waals surface area contributed by atoms with Crippen LogP contribution in [0.5, 0.6) is 0 Å². The fourth-order valence-corrected chi connectivity index (χ4v) is 7.27. The summed E-state index contributed by atoms with van der Waals surface area (Å²) in [5, 5.41) is 6.25. The number of halogens is 4. The predicted octanol–water partition coefficient (Wildman–Crippen LogP) is 9.30. The van der Waals surface area contributed by atoms with Gasteiger partial charge in [0.1, 0.15) is 34.9 Å². The van der Waals surface area contributed by atoms with E-state index in [0.29, 0.717) is 44.7 Å². The molecule has 0 spiro atoms. The van der Waals surface area contributed by atoms with Crippen molar-refractivity contribution in [2.45, 2.75) is 39.8 Å². The van der Waals surface area contributed by atoms with Crippen molar-refractivity contribution >= 4 is 45.9 Å². The number of hydrogen-bond donors (Lipinski definition) is 4. The van der Waals surface area contributed by atoms with E-state index in [0.717, 1.165) is 12.4 Å². The highest BCUT2D eigenvalue weighted by molar-refractivity contribution is 5.75. The van der Waals surface area contributed by atoms with Crippen molar-refractivity contribution in [2.24, 2.45) is 0 Å². The van der Waals surface area contributed by atoms with E-state index >= 15 is 0 Å². The number of benzene rings is 2. The molecule has 8 aromatic rings. The average Bonchev–Trinajstić information content (AvgIpc) is 3.24. The van der Waals surface area contributed by atoms with Crippen LogP contribution in [0.25, 0.3) is 43.0 Å². The van der Waals surface area contributed by atoms with Gasteiger partial charge in [-0.1, -0.05) is 24.3 Å². The minimum absolute atomic E-state index is 0.00371. The van der Waals surface area contributed by atoms with Gasteiger partial charge in [0.2, 0.25) is 23.3 Å². The zero-order chi connectivity index (χ0) is 46.0. The highest BCUT2D eigenvalue weighted by Gasteiger charge is 2.23. The van der Waals surface area contributed by atoms with E-state index in [-0.39, 0.29) is 46.0 Å². The molecule has 2 atom stereocenters. The second-order valence-electron chi connectivity index (χ2n) is 14.5. The number of anilines is 4. The second kappa shape index (κ2) is 17.8. The number of nitrogens with two attached hydrogens (primary N) is 2. The van der Waals surface area contributed by atoms with E-state index in [4.69, 9.17) is 24.6 Å². The van der Waals surface area contributed by atoms with Crippen LogP contribution in [0.1, 0.15) is 48.4 Å². The topological polar surface area (TPSA) is 179 Å². The zero-order valence-electron chi connectivity index (χ0n) is 34.5. The molecule has 18 heteroatoms. The van der Waals surface area contributed by atoms with E-state index in [1.54, 1.807) is 52.0 Å². The number of aromatic nitrogens is 6. The average molecular weight is 865 g/mol. The lowest BCUT2D eigenvalue weighted by atomic mass is 9.96. The van der Waals surface area contributed by atoms with Gasteiger partial charge in [-0.05, 0) is 111 Å². The van der Waals surface area contributed by atoms with E-state index in [2.05, 4.69) is 40.3 Å². The Hall–Kier alpha value is -8.64. The van der Waals surface area contributed by atoms with Crippen LogP contribution in [0.3, 0.4) is 0 Å². The summed E-state index contributed by atoms with van der Waals surface area (Å²) in [6.45, 7) is 21.7. The largest absolute Gasteiger partial charge is 0.372 e. The Kier molecular flexibility index (Phi) is 12.1. The molecule has 0 saturated heterocycles. The molecular formula is C46H36F4N12O2. The van der Waals surface area contributed by atoms with E-state index in [9.17, 15) is 27.2 Å². The fraction of sp³-hybridized carbons (Fsp3) is 0.130. The van der Waals surface area contributed by atoms with Crippen molar-refractivity contribution in [1.82, 2.24) is 28.7 Å². The number of fused-ring (bicyclic) bond motifs is 2. The van der Waals surface area contributed by atoms with E-state index in [1.165, 1.54) is 69.5 Å². The Balaban J connectivity index is 0.000000191. The number of nitrogens with zero attached hydrogens (tertiary/aromatic N) is 8. The van der Waals surface area contributed by atoms with Crippen LogP contribution >= 0.6 is 0 Å². The number of pyridine rings is 4. The van der Waals surface area contributed by atoms with Crippen LogP contribution in [0.15, 0.2) is 107 Å². The molecular weight excluding hydrogens is 829 g/mol. The lowest BCUT2D eigenvalue weighted by Gasteiger charge is -2.21. The van der Waals surface area contributed by atoms with Crippen molar-refractivity contribution in [3.05, 3.63) is 187 Å². The first-order valence-corrected chi connectivity index (χ1v) is 19.3. The molecule has 6 N–H and O–H groups in total. The lowest BCUT2D eigenvalue weighted by Crippen LogP contribution is -2.21. The molecule has 0 aliphatic rings. The van der Waals surface area contributed by atoms with Crippen LogP contribution in [0.4, 0.5) is 52.5 Å². The molecule has 0 unspecified atom stereocenters. The zero-order valence-corrected chi connectivity index (χ0v) is 34.5. The Labute approximate surface area is 362 Å². The quantitative estimate of drug-likeness (QED) is 0.0850. The van der Waals surface area contributed by atoms with Gasteiger partial charge < -0.3 is 22.1 Å². The maximum absolute atomic E-state index is 14.0. The molecule has 64 heavy (non-hydrogen) atoms. The highest BCUT2D eigenvalue weighted by Crippen LogP contribution is 2.35. The summed E-state index contributed by atoms with van der Waals surface area (Å²) >= 11 is 0. The van der Waals surface area contributed by atoms with Gasteiger partial charge in [0, 0.05) is 35.5 Å². The smallest absolute Gasteiger partial charge is 0.263 e. The minimum Gasteiger partial charge on any atom is -0.372 e. The molecule has 6 heterocycles. The fourth-order valence-electron chi connectivity index (χ4n) is 7.27. The van der Waals surface area contributed by atoms with Crippen LogP contribution in [-0.2, 0) is 0 Å². The van der Waals surface area contributed by atoms with Crippen molar-refractivity contribution < 1.29 is 17.6 Å². The first kappa shape index (κ1) is 43.4. The molecule has 0 aliphatic heterocycles. The summed E-state index contributed by atoms with van der Waals surface area (Å²) in [5.74, 6) is -1.70. The molecule has 0 saturated carbocycles. The number of nitrogen functional groups attached to an aromatic ring is 2.